The molecule has 1 aliphatic rings. The van der Waals surface area contributed by atoms with Crippen LogP contribution in [0, 0.1) is 6.92 Å². The molecule has 3 heterocycles. The van der Waals surface area contributed by atoms with Gasteiger partial charge in [-0.2, -0.15) is 0 Å². The Labute approximate surface area is 174 Å². The fourth-order valence-corrected chi connectivity index (χ4v) is 4.68. The molecule has 0 aliphatic carbocycles. The standard InChI is InChI=1S/C23H23N5S/c1-18-16-28(17-25-18)21-9-7-20(8-10-21)26-11-13-27(14-12-26)22-15-24-23(29-22)19-5-3-2-4-6-19/h2-10,15-17H,11-14H2,1H3. The molecular weight excluding hydrogens is 378 g/mol. The Balaban J connectivity index is 1.23. The number of thiazole rings is 1. The SMILES string of the molecule is Cc1cn(-c2ccc(N3CCN(c4cnc(-c5ccccc5)s4)CC3)cc2)cn1. The summed E-state index contributed by atoms with van der Waals surface area (Å²) in [6.07, 6.45) is 5.93. The van der Waals surface area contributed by atoms with Crippen molar-refractivity contribution in [2.45, 2.75) is 6.92 Å². The summed E-state index contributed by atoms with van der Waals surface area (Å²) in [7, 11) is 0. The second-order valence-corrected chi connectivity index (χ2v) is 8.29. The molecule has 0 atom stereocenters. The largest absolute Gasteiger partial charge is 0.368 e. The molecule has 0 saturated carbocycles. The summed E-state index contributed by atoms with van der Waals surface area (Å²) in [6.45, 7) is 6.07. The third-order valence-corrected chi connectivity index (χ3v) is 6.44. The van der Waals surface area contributed by atoms with Crippen LogP contribution in [-0.4, -0.2) is 40.7 Å². The van der Waals surface area contributed by atoms with E-state index in [0.717, 1.165) is 42.6 Å². The minimum Gasteiger partial charge on any atom is -0.368 e. The molecule has 4 aromatic rings. The Bertz CT molecular complexity index is 1080. The van der Waals surface area contributed by atoms with Crippen LogP contribution in [0.4, 0.5) is 10.7 Å². The highest BCUT2D eigenvalue weighted by molar-refractivity contribution is 7.18. The summed E-state index contributed by atoms with van der Waals surface area (Å²) in [5, 5.41) is 2.35. The summed E-state index contributed by atoms with van der Waals surface area (Å²) < 4.78 is 2.06. The third kappa shape index (κ3) is 3.76. The third-order valence-electron chi connectivity index (χ3n) is 5.33. The molecular formula is C23H23N5S. The van der Waals surface area contributed by atoms with Crippen LogP contribution in [0.15, 0.2) is 73.3 Å². The zero-order valence-electron chi connectivity index (χ0n) is 16.4. The average molecular weight is 402 g/mol. The van der Waals surface area contributed by atoms with Crippen molar-refractivity contribution < 1.29 is 0 Å². The highest BCUT2D eigenvalue weighted by atomic mass is 32.1. The molecule has 2 aromatic carbocycles. The van der Waals surface area contributed by atoms with Gasteiger partial charge in [-0.05, 0) is 31.2 Å². The van der Waals surface area contributed by atoms with E-state index in [9.17, 15) is 0 Å². The van der Waals surface area contributed by atoms with Crippen molar-refractivity contribution in [2.24, 2.45) is 0 Å². The van der Waals surface area contributed by atoms with Gasteiger partial charge in [0.2, 0.25) is 0 Å². The number of nitrogens with zero attached hydrogens (tertiary/aromatic N) is 5. The lowest BCUT2D eigenvalue weighted by molar-refractivity contribution is 0.656. The lowest BCUT2D eigenvalue weighted by Crippen LogP contribution is -2.46. The van der Waals surface area contributed by atoms with Crippen LogP contribution >= 0.6 is 11.3 Å². The molecule has 0 amide bonds. The van der Waals surface area contributed by atoms with E-state index < -0.39 is 0 Å². The number of aryl methyl sites for hydroxylation is 1. The molecule has 0 spiro atoms. The van der Waals surface area contributed by atoms with Crippen molar-refractivity contribution in [3.05, 3.63) is 79.0 Å². The number of hydrogen-bond acceptors (Lipinski definition) is 5. The van der Waals surface area contributed by atoms with E-state index in [4.69, 9.17) is 0 Å². The number of anilines is 2. The van der Waals surface area contributed by atoms with Crippen molar-refractivity contribution in [3.63, 3.8) is 0 Å². The smallest absolute Gasteiger partial charge is 0.125 e. The summed E-state index contributed by atoms with van der Waals surface area (Å²) in [4.78, 5) is 13.8. The Morgan fingerprint density at radius 1 is 0.793 bits per heavy atom. The molecule has 0 N–H and O–H groups in total. The summed E-state index contributed by atoms with van der Waals surface area (Å²) in [6, 6.07) is 19.2. The van der Waals surface area contributed by atoms with Gasteiger partial charge in [-0.3, -0.25) is 0 Å². The summed E-state index contributed by atoms with van der Waals surface area (Å²) >= 11 is 1.78. The molecule has 5 nitrogen and oxygen atoms in total. The maximum Gasteiger partial charge on any atom is 0.125 e. The fraction of sp³-hybridized carbons (Fsp3) is 0.217. The Morgan fingerprint density at radius 2 is 1.48 bits per heavy atom. The first-order valence-electron chi connectivity index (χ1n) is 9.88. The molecule has 6 heteroatoms. The maximum atomic E-state index is 4.63. The lowest BCUT2D eigenvalue weighted by atomic mass is 10.2. The monoisotopic (exact) mass is 401 g/mol. The highest BCUT2D eigenvalue weighted by Crippen LogP contribution is 2.31. The number of aromatic nitrogens is 3. The molecule has 0 bridgehead atoms. The molecule has 0 radical (unpaired) electrons. The normalized spacial score (nSPS) is 14.4. The first-order chi connectivity index (χ1) is 14.3. The van der Waals surface area contributed by atoms with Crippen LogP contribution in [0.25, 0.3) is 16.3 Å². The maximum absolute atomic E-state index is 4.63. The van der Waals surface area contributed by atoms with Crippen LogP contribution in [0.5, 0.6) is 0 Å². The zero-order valence-corrected chi connectivity index (χ0v) is 17.2. The quantitative estimate of drug-likeness (QED) is 0.500. The first kappa shape index (κ1) is 17.9. The topological polar surface area (TPSA) is 37.2 Å². The Kier molecular flexibility index (Phi) is 4.77. The van der Waals surface area contributed by atoms with Crippen molar-refractivity contribution in [1.29, 1.82) is 0 Å². The van der Waals surface area contributed by atoms with Gasteiger partial charge >= 0.3 is 0 Å². The van der Waals surface area contributed by atoms with Crippen molar-refractivity contribution in [3.8, 4) is 16.3 Å². The summed E-state index contributed by atoms with van der Waals surface area (Å²) in [5.74, 6) is 0. The molecule has 2 aromatic heterocycles. The van der Waals surface area contributed by atoms with Gasteiger partial charge in [0, 0.05) is 49.3 Å². The number of benzene rings is 2. The Morgan fingerprint density at radius 3 is 2.17 bits per heavy atom. The van der Waals surface area contributed by atoms with E-state index in [-0.39, 0.29) is 0 Å². The van der Waals surface area contributed by atoms with Crippen LogP contribution in [0.1, 0.15) is 5.69 Å². The van der Waals surface area contributed by atoms with Gasteiger partial charge in [-0.1, -0.05) is 41.7 Å². The van der Waals surface area contributed by atoms with E-state index in [1.54, 1.807) is 11.3 Å². The van der Waals surface area contributed by atoms with Gasteiger partial charge in [0.05, 0.1) is 18.2 Å². The lowest BCUT2D eigenvalue weighted by Gasteiger charge is -2.36. The van der Waals surface area contributed by atoms with E-state index in [2.05, 4.69) is 72.9 Å². The minimum atomic E-state index is 1.01. The average Bonchev–Trinajstić information content (AvgIpc) is 3.44. The number of piperazine rings is 1. The predicted octanol–water partition coefficient (Wildman–Crippen LogP) is 4.63. The Hall–Kier alpha value is -3.12. The first-order valence-corrected chi connectivity index (χ1v) is 10.7. The number of imidazole rings is 1. The van der Waals surface area contributed by atoms with Crippen molar-refractivity contribution in [1.82, 2.24) is 14.5 Å². The van der Waals surface area contributed by atoms with Gasteiger partial charge in [-0.15, -0.1) is 0 Å². The predicted molar refractivity (Wildman–Crippen MR) is 120 cm³/mol. The van der Waals surface area contributed by atoms with Crippen molar-refractivity contribution in [2.75, 3.05) is 36.0 Å². The van der Waals surface area contributed by atoms with Gasteiger partial charge in [0.1, 0.15) is 10.0 Å². The molecule has 5 rings (SSSR count). The number of hydrogen-bond donors (Lipinski definition) is 0. The van der Waals surface area contributed by atoms with Gasteiger partial charge < -0.3 is 14.4 Å². The van der Waals surface area contributed by atoms with Crippen molar-refractivity contribution >= 4 is 22.0 Å². The van der Waals surface area contributed by atoms with E-state index in [1.165, 1.54) is 16.3 Å². The van der Waals surface area contributed by atoms with Gasteiger partial charge in [0.15, 0.2) is 0 Å². The van der Waals surface area contributed by atoms with E-state index in [0.29, 0.717) is 0 Å². The van der Waals surface area contributed by atoms with Crippen LogP contribution in [0.3, 0.4) is 0 Å². The van der Waals surface area contributed by atoms with Crippen LogP contribution < -0.4 is 9.80 Å². The fourth-order valence-electron chi connectivity index (χ4n) is 3.71. The molecule has 1 fully saturated rings. The number of rotatable bonds is 4. The molecule has 146 valence electrons. The second kappa shape index (κ2) is 7.72. The molecule has 29 heavy (non-hydrogen) atoms. The second-order valence-electron chi connectivity index (χ2n) is 7.28. The van der Waals surface area contributed by atoms with Gasteiger partial charge in [0.25, 0.3) is 0 Å². The van der Waals surface area contributed by atoms with E-state index in [1.807, 2.05) is 31.7 Å². The van der Waals surface area contributed by atoms with Gasteiger partial charge in [-0.25, -0.2) is 9.97 Å². The van der Waals surface area contributed by atoms with Crippen LogP contribution in [-0.2, 0) is 0 Å². The zero-order chi connectivity index (χ0) is 19.6. The minimum absolute atomic E-state index is 1.01. The van der Waals surface area contributed by atoms with Crippen LogP contribution in [0.2, 0.25) is 0 Å². The van der Waals surface area contributed by atoms with E-state index >= 15 is 0 Å². The molecule has 1 aliphatic heterocycles. The molecule has 0 unspecified atom stereocenters. The summed E-state index contributed by atoms with van der Waals surface area (Å²) in [5.41, 5.74) is 4.64. The molecule has 1 saturated heterocycles. The highest BCUT2D eigenvalue weighted by Gasteiger charge is 2.19.